The molecule has 0 amide bonds. The van der Waals surface area contributed by atoms with Gasteiger partial charge in [-0.05, 0) is 36.2 Å². The number of rotatable bonds is 2. The first-order chi connectivity index (χ1) is 7.68. The van der Waals surface area contributed by atoms with Crippen LogP contribution in [0, 0.1) is 12.7 Å². The van der Waals surface area contributed by atoms with Crippen molar-refractivity contribution in [2.75, 3.05) is 0 Å². The summed E-state index contributed by atoms with van der Waals surface area (Å²) in [5.74, 6) is 0.277. The van der Waals surface area contributed by atoms with E-state index >= 15 is 0 Å². The molecular weight excluding hydrogens is 205 g/mol. The zero-order valence-electron chi connectivity index (χ0n) is 8.89. The average Bonchev–Trinajstić information content (AvgIpc) is 2.29. The van der Waals surface area contributed by atoms with E-state index in [9.17, 15) is 4.39 Å². The van der Waals surface area contributed by atoms with Crippen LogP contribution in [0.3, 0.4) is 0 Å². The lowest BCUT2D eigenvalue weighted by Gasteiger charge is -2.12. The van der Waals surface area contributed by atoms with Crippen LogP contribution in [0.5, 0.6) is 0 Å². The standard InChI is InChI=1S/C12H12FN3/c1-8-7-9(13)3-4-10(8)11(14)12-15-5-2-6-16-12/h2-7,11H,14H2,1H3. The zero-order chi connectivity index (χ0) is 11.5. The van der Waals surface area contributed by atoms with Gasteiger partial charge in [0.15, 0.2) is 0 Å². The van der Waals surface area contributed by atoms with Crippen molar-refractivity contribution in [3.05, 3.63) is 59.4 Å². The van der Waals surface area contributed by atoms with Gasteiger partial charge in [0.2, 0.25) is 0 Å². The fourth-order valence-corrected chi connectivity index (χ4v) is 1.60. The summed E-state index contributed by atoms with van der Waals surface area (Å²) in [6, 6.07) is 5.84. The lowest BCUT2D eigenvalue weighted by molar-refractivity contribution is 0.624. The third-order valence-electron chi connectivity index (χ3n) is 2.43. The van der Waals surface area contributed by atoms with E-state index in [0.717, 1.165) is 11.1 Å². The Morgan fingerprint density at radius 2 is 1.94 bits per heavy atom. The number of benzene rings is 1. The highest BCUT2D eigenvalue weighted by molar-refractivity contribution is 5.32. The van der Waals surface area contributed by atoms with Gasteiger partial charge in [-0.25, -0.2) is 14.4 Å². The van der Waals surface area contributed by atoms with Crippen molar-refractivity contribution in [2.24, 2.45) is 5.73 Å². The topological polar surface area (TPSA) is 51.8 Å². The molecule has 2 rings (SSSR count). The molecule has 0 aliphatic rings. The lowest BCUT2D eigenvalue weighted by Crippen LogP contribution is -2.16. The molecule has 0 fully saturated rings. The van der Waals surface area contributed by atoms with Crippen molar-refractivity contribution < 1.29 is 4.39 Å². The first kappa shape index (κ1) is 10.7. The minimum absolute atomic E-state index is 0.262. The second kappa shape index (κ2) is 4.37. The van der Waals surface area contributed by atoms with E-state index in [1.165, 1.54) is 12.1 Å². The smallest absolute Gasteiger partial charge is 0.149 e. The van der Waals surface area contributed by atoms with Crippen molar-refractivity contribution in [1.29, 1.82) is 0 Å². The Hall–Kier alpha value is -1.81. The van der Waals surface area contributed by atoms with Gasteiger partial charge in [0, 0.05) is 12.4 Å². The van der Waals surface area contributed by atoms with E-state index in [0.29, 0.717) is 5.82 Å². The first-order valence-corrected chi connectivity index (χ1v) is 4.97. The third-order valence-corrected chi connectivity index (χ3v) is 2.43. The van der Waals surface area contributed by atoms with Gasteiger partial charge in [-0.1, -0.05) is 6.07 Å². The predicted molar refractivity (Wildman–Crippen MR) is 59.2 cm³/mol. The fraction of sp³-hybridized carbons (Fsp3) is 0.167. The molecule has 0 bridgehead atoms. The molecule has 0 saturated carbocycles. The SMILES string of the molecule is Cc1cc(F)ccc1C(N)c1ncccn1. The van der Waals surface area contributed by atoms with Crippen LogP contribution in [0.25, 0.3) is 0 Å². The van der Waals surface area contributed by atoms with Crippen molar-refractivity contribution in [3.63, 3.8) is 0 Å². The molecular formula is C12H12FN3. The van der Waals surface area contributed by atoms with Crippen LogP contribution in [-0.4, -0.2) is 9.97 Å². The van der Waals surface area contributed by atoms with Crippen LogP contribution in [0.2, 0.25) is 0 Å². The molecule has 2 aromatic rings. The van der Waals surface area contributed by atoms with Crippen LogP contribution in [-0.2, 0) is 0 Å². The molecule has 0 saturated heterocycles. The molecule has 1 unspecified atom stereocenters. The molecule has 0 spiro atoms. The van der Waals surface area contributed by atoms with Gasteiger partial charge >= 0.3 is 0 Å². The minimum Gasteiger partial charge on any atom is -0.318 e. The van der Waals surface area contributed by atoms with Gasteiger partial charge in [-0.2, -0.15) is 0 Å². The molecule has 82 valence electrons. The van der Waals surface area contributed by atoms with E-state index in [2.05, 4.69) is 9.97 Å². The number of aromatic nitrogens is 2. The van der Waals surface area contributed by atoms with E-state index in [4.69, 9.17) is 5.73 Å². The van der Waals surface area contributed by atoms with E-state index < -0.39 is 6.04 Å². The summed E-state index contributed by atoms with van der Waals surface area (Å²) in [6.45, 7) is 1.82. The van der Waals surface area contributed by atoms with Gasteiger partial charge in [0.1, 0.15) is 11.6 Å². The number of hydrogen-bond acceptors (Lipinski definition) is 3. The van der Waals surface area contributed by atoms with Crippen LogP contribution < -0.4 is 5.73 Å². The first-order valence-electron chi connectivity index (χ1n) is 4.97. The average molecular weight is 217 g/mol. The van der Waals surface area contributed by atoms with E-state index in [1.807, 2.05) is 6.92 Å². The molecule has 1 aromatic carbocycles. The Bertz CT molecular complexity index is 485. The Kier molecular flexibility index (Phi) is 2.92. The monoisotopic (exact) mass is 217 g/mol. The van der Waals surface area contributed by atoms with Crippen molar-refractivity contribution in [1.82, 2.24) is 9.97 Å². The van der Waals surface area contributed by atoms with Crippen LogP contribution in [0.15, 0.2) is 36.7 Å². The summed E-state index contributed by atoms with van der Waals surface area (Å²) in [4.78, 5) is 8.18. The van der Waals surface area contributed by atoms with Crippen LogP contribution in [0.1, 0.15) is 23.0 Å². The molecule has 0 aliphatic heterocycles. The summed E-state index contributed by atoms with van der Waals surface area (Å²) in [7, 11) is 0. The highest BCUT2D eigenvalue weighted by Crippen LogP contribution is 2.20. The summed E-state index contributed by atoms with van der Waals surface area (Å²) < 4.78 is 12.9. The van der Waals surface area contributed by atoms with Crippen molar-refractivity contribution in [2.45, 2.75) is 13.0 Å². The number of nitrogens with two attached hydrogens (primary N) is 1. The van der Waals surface area contributed by atoms with Gasteiger partial charge < -0.3 is 5.73 Å². The van der Waals surface area contributed by atoms with Gasteiger partial charge in [0.05, 0.1) is 6.04 Å². The summed E-state index contributed by atoms with van der Waals surface area (Å²) in [5.41, 5.74) is 7.67. The molecule has 0 radical (unpaired) electrons. The van der Waals surface area contributed by atoms with Crippen molar-refractivity contribution in [3.8, 4) is 0 Å². The predicted octanol–water partition coefficient (Wildman–Crippen LogP) is 1.97. The number of aryl methyl sites for hydroxylation is 1. The molecule has 1 aromatic heterocycles. The van der Waals surface area contributed by atoms with E-state index in [-0.39, 0.29) is 5.82 Å². The molecule has 1 atom stereocenters. The second-order valence-corrected chi connectivity index (χ2v) is 3.59. The zero-order valence-corrected chi connectivity index (χ0v) is 8.89. The summed E-state index contributed by atoms with van der Waals surface area (Å²) >= 11 is 0. The maximum Gasteiger partial charge on any atom is 0.149 e. The van der Waals surface area contributed by atoms with Crippen LogP contribution in [0.4, 0.5) is 4.39 Å². The second-order valence-electron chi connectivity index (χ2n) is 3.59. The number of hydrogen-bond donors (Lipinski definition) is 1. The molecule has 16 heavy (non-hydrogen) atoms. The Balaban J connectivity index is 2.38. The third kappa shape index (κ3) is 2.06. The van der Waals surface area contributed by atoms with Gasteiger partial charge in [-0.3, -0.25) is 0 Å². The number of halogens is 1. The largest absolute Gasteiger partial charge is 0.318 e. The maximum absolute atomic E-state index is 12.9. The molecule has 4 heteroatoms. The number of nitrogens with zero attached hydrogens (tertiary/aromatic N) is 2. The Morgan fingerprint density at radius 3 is 2.56 bits per heavy atom. The summed E-state index contributed by atoms with van der Waals surface area (Å²) in [6.07, 6.45) is 3.28. The molecule has 2 N–H and O–H groups in total. The quantitative estimate of drug-likeness (QED) is 0.836. The van der Waals surface area contributed by atoms with Crippen molar-refractivity contribution >= 4 is 0 Å². The Labute approximate surface area is 93.2 Å². The highest BCUT2D eigenvalue weighted by atomic mass is 19.1. The van der Waals surface area contributed by atoms with Gasteiger partial charge in [0.25, 0.3) is 0 Å². The molecule has 0 aliphatic carbocycles. The molecule has 3 nitrogen and oxygen atoms in total. The minimum atomic E-state index is -0.415. The molecule has 1 heterocycles. The fourth-order valence-electron chi connectivity index (χ4n) is 1.60. The Morgan fingerprint density at radius 1 is 1.25 bits per heavy atom. The van der Waals surface area contributed by atoms with Crippen LogP contribution >= 0.6 is 0 Å². The normalized spacial score (nSPS) is 12.4. The highest BCUT2D eigenvalue weighted by Gasteiger charge is 2.13. The summed E-state index contributed by atoms with van der Waals surface area (Å²) in [5, 5.41) is 0. The lowest BCUT2D eigenvalue weighted by atomic mass is 10.0. The van der Waals surface area contributed by atoms with Gasteiger partial charge in [-0.15, -0.1) is 0 Å². The van der Waals surface area contributed by atoms with E-state index in [1.54, 1.807) is 24.5 Å². The maximum atomic E-state index is 12.9.